The molecule has 0 unspecified atom stereocenters. The Bertz CT molecular complexity index is 945. The number of carbonyl (C=O) groups is 1. The summed E-state index contributed by atoms with van der Waals surface area (Å²) in [5.74, 6) is 0.604. The highest BCUT2D eigenvalue weighted by molar-refractivity contribution is 9.10. The summed E-state index contributed by atoms with van der Waals surface area (Å²) in [5, 5.41) is 1.12. The smallest absolute Gasteiger partial charge is 0.295 e. The van der Waals surface area contributed by atoms with E-state index in [4.69, 9.17) is 20.8 Å². The second-order valence-electron chi connectivity index (χ2n) is 5.79. The summed E-state index contributed by atoms with van der Waals surface area (Å²) < 4.78 is 12.1. The van der Waals surface area contributed by atoms with Crippen molar-refractivity contribution in [1.29, 1.82) is 0 Å². The number of methoxy groups -OCH3 is 1. The highest BCUT2D eigenvalue weighted by Crippen LogP contribution is 2.39. The molecule has 146 valence electrons. The van der Waals surface area contributed by atoms with Crippen LogP contribution in [0.5, 0.6) is 5.75 Å². The van der Waals surface area contributed by atoms with Crippen LogP contribution in [0.3, 0.4) is 0 Å². The molecule has 1 amide bonds. The Labute approximate surface area is 180 Å². The van der Waals surface area contributed by atoms with Crippen molar-refractivity contribution in [3.05, 3.63) is 39.7 Å². The van der Waals surface area contributed by atoms with E-state index >= 15 is 0 Å². The Balaban J connectivity index is 0.00000261. The van der Waals surface area contributed by atoms with E-state index in [2.05, 4.69) is 20.9 Å². The molecule has 0 spiro atoms. The highest BCUT2D eigenvalue weighted by atomic mass is 79.9. The molecule has 6 nitrogen and oxygen atoms in total. The maximum Gasteiger partial charge on any atom is 0.295 e. The van der Waals surface area contributed by atoms with Gasteiger partial charge in [0, 0.05) is 13.1 Å². The van der Waals surface area contributed by atoms with Crippen molar-refractivity contribution in [3.63, 3.8) is 0 Å². The van der Waals surface area contributed by atoms with E-state index < -0.39 is 0 Å². The molecule has 1 aromatic carbocycles. The largest absolute Gasteiger partial charge is 0.494 e. The van der Waals surface area contributed by atoms with Crippen LogP contribution >= 0.6 is 51.3 Å². The molecular weight excluding hydrogens is 477 g/mol. The number of halogens is 3. The van der Waals surface area contributed by atoms with Gasteiger partial charge in [0.05, 0.1) is 16.8 Å². The molecule has 0 aliphatic carbocycles. The number of nitrogens with zero attached hydrogens (tertiary/aromatic N) is 3. The quantitative estimate of drug-likeness (QED) is 0.485. The predicted molar refractivity (Wildman–Crippen MR) is 115 cm³/mol. The molecule has 0 atom stereocenters. The molecular formula is C17H18BrCl2N3O3S. The van der Waals surface area contributed by atoms with Crippen molar-refractivity contribution in [2.45, 2.75) is 0 Å². The second kappa shape index (κ2) is 9.25. The number of amides is 1. The van der Waals surface area contributed by atoms with E-state index in [0.717, 1.165) is 4.70 Å². The van der Waals surface area contributed by atoms with Crippen LogP contribution in [0.25, 0.3) is 10.2 Å². The number of aromatic nitrogens is 1. The van der Waals surface area contributed by atoms with E-state index in [1.165, 1.54) is 11.3 Å². The first-order valence-electron chi connectivity index (χ1n) is 7.75. The lowest BCUT2D eigenvalue weighted by Gasteiger charge is -2.20. The monoisotopic (exact) mass is 493 g/mol. The summed E-state index contributed by atoms with van der Waals surface area (Å²) in [6, 6.07) is 6.86. The van der Waals surface area contributed by atoms with Crippen molar-refractivity contribution in [3.8, 4) is 5.75 Å². The molecule has 2 aromatic heterocycles. The van der Waals surface area contributed by atoms with E-state index in [1.807, 2.05) is 19.0 Å². The number of anilines is 1. The summed E-state index contributed by atoms with van der Waals surface area (Å²) in [7, 11) is 5.48. The van der Waals surface area contributed by atoms with Gasteiger partial charge in [-0.25, -0.2) is 4.98 Å². The number of fused-ring (bicyclic) bond motifs is 1. The Hall–Kier alpha value is -1.32. The molecule has 3 aromatic rings. The summed E-state index contributed by atoms with van der Waals surface area (Å²) in [4.78, 5) is 21.2. The van der Waals surface area contributed by atoms with E-state index in [-0.39, 0.29) is 24.1 Å². The third-order valence-electron chi connectivity index (χ3n) is 3.70. The number of furan rings is 1. The molecule has 0 aliphatic heterocycles. The first-order chi connectivity index (χ1) is 12.4. The standard InChI is InChI=1S/C17H17BrClN3O3S.ClH/c1-21(2)8-9-22(16(23)12-6-7-13(18)25-12)17-20-14-11(24-3)5-4-10(19)15(14)26-17;/h4-7H,8-9H2,1-3H3;1H. The normalized spacial score (nSPS) is 10.9. The van der Waals surface area contributed by atoms with Gasteiger partial charge >= 0.3 is 0 Å². The van der Waals surface area contributed by atoms with Crippen LogP contribution in [0, 0.1) is 0 Å². The van der Waals surface area contributed by atoms with Gasteiger partial charge in [-0.15, -0.1) is 12.4 Å². The Morgan fingerprint density at radius 3 is 2.63 bits per heavy atom. The van der Waals surface area contributed by atoms with Gasteiger partial charge in [0.1, 0.15) is 11.3 Å². The summed E-state index contributed by atoms with van der Waals surface area (Å²) >= 11 is 10.9. The van der Waals surface area contributed by atoms with Gasteiger partial charge in [-0.1, -0.05) is 22.9 Å². The van der Waals surface area contributed by atoms with Gasteiger partial charge in [-0.05, 0) is 54.3 Å². The second-order valence-corrected chi connectivity index (χ2v) is 7.95. The van der Waals surface area contributed by atoms with E-state index in [0.29, 0.717) is 39.2 Å². The number of hydrogen-bond acceptors (Lipinski definition) is 6. The van der Waals surface area contributed by atoms with Gasteiger partial charge in [0.25, 0.3) is 5.91 Å². The molecule has 27 heavy (non-hydrogen) atoms. The minimum Gasteiger partial charge on any atom is -0.494 e. The predicted octanol–water partition coefficient (Wildman–Crippen LogP) is 4.94. The maximum atomic E-state index is 13.0. The molecule has 0 bridgehead atoms. The Morgan fingerprint density at radius 2 is 2.04 bits per heavy atom. The van der Waals surface area contributed by atoms with Crippen LogP contribution < -0.4 is 9.64 Å². The number of carbonyl (C=O) groups excluding carboxylic acids is 1. The molecule has 0 fully saturated rings. The molecule has 3 rings (SSSR count). The molecule has 0 radical (unpaired) electrons. The lowest BCUT2D eigenvalue weighted by atomic mass is 10.3. The van der Waals surface area contributed by atoms with Crippen LogP contribution in [-0.4, -0.2) is 50.1 Å². The summed E-state index contributed by atoms with van der Waals surface area (Å²) in [6.45, 7) is 1.14. The third kappa shape index (κ3) is 4.75. The Morgan fingerprint density at radius 1 is 1.30 bits per heavy atom. The zero-order chi connectivity index (χ0) is 18.8. The first-order valence-corrected chi connectivity index (χ1v) is 9.74. The fraction of sp³-hybridized carbons (Fsp3) is 0.294. The van der Waals surface area contributed by atoms with Gasteiger partial charge in [0.15, 0.2) is 15.6 Å². The minimum absolute atomic E-state index is 0. The summed E-state index contributed by atoms with van der Waals surface area (Å²) in [5.41, 5.74) is 0.642. The van der Waals surface area contributed by atoms with Crippen molar-refractivity contribution < 1.29 is 13.9 Å². The molecule has 10 heteroatoms. The van der Waals surface area contributed by atoms with E-state index in [9.17, 15) is 4.79 Å². The van der Waals surface area contributed by atoms with Crippen LogP contribution in [0.2, 0.25) is 5.02 Å². The van der Waals surface area contributed by atoms with Crippen LogP contribution in [0.4, 0.5) is 5.13 Å². The number of hydrogen-bond donors (Lipinski definition) is 0. The van der Waals surface area contributed by atoms with Crippen molar-refractivity contribution in [1.82, 2.24) is 9.88 Å². The number of benzene rings is 1. The molecule has 0 saturated carbocycles. The first kappa shape index (κ1) is 22.0. The Kier molecular flexibility index (Phi) is 7.53. The van der Waals surface area contributed by atoms with Crippen LogP contribution in [0.1, 0.15) is 10.6 Å². The number of likely N-dealkylation sites (N-methyl/N-ethyl adjacent to an activating group) is 1. The topological polar surface area (TPSA) is 58.8 Å². The van der Waals surface area contributed by atoms with Gasteiger partial charge in [-0.2, -0.15) is 0 Å². The molecule has 0 saturated heterocycles. The molecule has 2 heterocycles. The average Bonchev–Trinajstić information content (AvgIpc) is 3.22. The van der Waals surface area contributed by atoms with Crippen LogP contribution in [-0.2, 0) is 0 Å². The molecule has 0 N–H and O–H groups in total. The maximum absolute atomic E-state index is 13.0. The average molecular weight is 495 g/mol. The highest BCUT2D eigenvalue weighted by Gasteiger charge is 2.25. The van der Waals surface area contributed by atoms with Crippen molar-refractivity contribution in [2.24, 2.45) is 0 Å². The lowest BCUT2D eigenvalue weighted by molar-refractivity contribution is 0.0957. The zero-order valence-corrected chi connectivity index (χ0v) is 18.8. The lowest BCUT2D eigenvalue weighted by Crippen LogP contribution is -2.36. The number of thiazole rings is 1. The zero-order valence-electron chi connectivity index (χ0n) is 14.9. The van der Waals surface area contributed by atoms with Gasteiger partial charge in [0.2, 0.25) is 0 Å². The van der Waals surface area contributed by atoms with Crippen LogP contribution in [0.15, 0.2) is 33.4 Å². The minimum atomic E-state index is -0.258. The number of rotatable bonds is 6. The van der Waals surface area contributed by atoms with Gasteiger partial charge in [-0.3, -0.25) is 9.69 Å². The van der Waals surface area contributed by atoms with Crippen molar-refractivity contribution >= 4 is 72.5 Å². The fourth-order valence-corrected chi connectivity index (χ4v) is 3.95. The van der Waals surface area contributed by atoms with Gasteiger partial charge < -0.3 is 14.1 Å². The number of ether oxygens (including phenoxy) is 1. The molecule has 0 aliphatic rings. The fourth-order valence-electron chi connectivity index (χ4n) is 2.37. The summed E-state index contributed by atoms with van der Waals surface area (Å²) in [6.07, 6.45) is 0. The van der Waals surface area contributed by atoms with Crippen molar-refractivity contribution in [2.75, 3.05) is 39.2 Å². The third-order valence-corrected chi connectivity index (χ3v) is 5.66. The van der Waals surface area contributed by atoms with E-state index in [1.54, 1.807) is 36.3 Å². The SMILES string of the molecule is COc1ccc(Cl)c2sc(N(CCN(C)C)C(=O)c3ccc(Br)o3)nc12.Cl.